The number of piperidine rings is 1. The summed E-state index contributed by atoms with van der Waals surface area (Å²) in [5, 5.41) is 7.10. The highest BCUT2D eigenvalue weighted by Crippen LogP contribution is 2.15. The third-order valence-electron chi connectivity index (χ3n) is 5.49. The predicted molar refractivity (Wildman–Crippen MR) is 132 cm³/mol. The van der Waals surface area contributed by atoms with Gasteiger partial charge >= 0.3 is 0 Å². The van der Waals surface area contributed by atoms with Crippen molar-refractivity contribution in [2.24, 2.45) is 4.99 Å². The number of aliphatic imine (C=N–C) groups is 1. The summed E-state index contributed by atoms with van der Waals surface area (Å²) in [5.41, 5.74) is 3.81. The molecular formula is C23H34IN5. The van der Waals surface area contributed by atoms with Crippen molar-refractivity contribution < 1.29 is 0 Å². The molecule has 1 aromatic carbocycles. The van der Waals surface area contributed by atoms with Crippen LogP contribution in [0.2, 0.25) is 0 Å². The van der Waals surface area contributed by atoms with E-state index in [9.17, 15) is 0 Å². The Morgan fingerprint density at radius 1 is 1.17 bits per heavy atom. The van der Waals surface area contributed by atoms with Crippen LogP contribution < -0.4 is 10.6 Å². The molecule has 1 atom stereocenters. The zero-order valence-corrected chi connectivity index (χ0v) is 20.1. The van der Waals surface area contributed by atoms with Crippen LogP contribution in [-0.2, 0) is 6.54 Å². The van der Waals surface area contributed by atoms with E-state index in [1.165, 1.54) is 11.1 Å². The highest BCUT2D eigenvalue weighted by atomic mass is 127. The molecule has 3 rings (SSSR count). The third-order valence-corrected chi connectivity index (χ3v) is 5.49. The van der Waals surface area contributed by atoms with Crippen LogP contribution in [0.5, 0.6) is 0 Å². The maximum absolute atomic E-state index is 4.44. The number of hydrogen-bond donors (Lipinski definition) is 2. The molecule has 1 aromatic heterocycles. The summed E-state index contributed by atoms with van der Waals surface area (Å²) in [6.07, 6.45) is 4.12. The second-order valence-electron chi connectivity index (χ2n) is 7.78. The molecule has 0 amide bonds. The predicted octanol–water partition coefficient (Wildman–Crippen LogP) is 3.94. The molecule has 0 spiro atoms. The van der Waals surface area contributed by atoms with Crippen molar-refractivity contribution in [2.75, 3.05) is 26.7 Å². The van der Waals surface area contributed by atoms with Gasteiger partial charge in [-0.2, -0.15) is 0 Å². The molecule has 2 aromatic rings. The number of rotatable bonds is 6. The summed E-state index contributed by atoms with van der Waals surface area (Å²) in [6, 6.07) is 15.4. The van der Waals surface area contributed by atoms with Crippen LogP contribution in [0, 0.1) is 6.92 Å². The Balaban J connectivity index is 0.00000300. The maximum Gasteiger partial charge on any atom is 0.191 e. The van der Waals surface area contributed by atoms with Gasteiger partial charge in [0.25, 0.3) is 0 Å². The van der Waals surface area contributed by atoms with Gasteiger partial charge in [-0.05, 0) is 43.4 Å². The Hall–Kier alpha value is -1.67. The molecule has 6 heteroatoms. The second kappa shape index (κ2) is 12.1. The average Bonchev–Trinajstić information content (AvgIpc) is 2.73. The monoisotopic (exact) mass is 507 g/mol. The maximum atomic E-state index is 4.44. The van der Waals surface area contributed by atoms with E-state index in [1.807, 2.05) is 19.3 Å². The first kappa shape index (κ1) is 23.6. The van der Waals surface area contributed by atoms with E-state index in [0.29, 0.717) is 12.0 Å². The van der Waals surface area contributed by atoms with Gasteiger partial charge in [-0.15, -0.1) is 24.0 Å². The fraction of sp³-hybridized carbons (Fsp3) is 0.478. The van der Waals surface area contributed by atoms with Gasteiger partial charge in [0.15, 0.2) is 5.96 Å². The number of benzene rings is 1. The third kappa shape index (κ3) is 7.59. The normalized spacial score (nSPS) is 16.7. The Labute approximate surface area is 192 Å². The van der Waals surface area contributed by atoms with Crippen molar-refractivity contribution in [3.8, 4) is 0 Å². The zero-order chi connectivity index (χ0) is 19.8. The van der Waals surface area contributed by atoms with Crippen LogP contribution in [0.4, 0.5) is 0 Å². The minimum atomic E-state index is 0. The first-order chi connectivity index (χ1) is 13.6. The summed E-state index contributed by atoms with van der Waals surface area (Å²) in [5.74, 6) is 1.35. The Bertz CT molecular complexity index is 740. The van der Waals surface area contributed by atoms with Crippen molar-refractivity contribution in [3.63, 3.8) is 0 Å². The Morgan fingerprint density at radius 3 is 2.52 bits per heavy atom. The molecule has 29 heavy (non-hydrogen) atoms. The molecule has 0 radical (unpaired) electrons. The van der Waals surface area contributed by atoms with Crippen LogP contribution in [0.1, 0.15) is 42.5 Å². The molecule has 1 saturated heterocycles. The van der Waals surface area contributed by atoms with E-state index in [4.69, 9.17) is 0 Å². The number of aromatic nitrogens is 1. The minimum absolute atomic E-state index is 0. The standard InChI is InChI=1S/C23H33N5.HI/c1-18-7-9-20(10-8-18)19(2)16-26-23(24-3)27-21-11-14-28(15-12-21)17-22-6-4-5-13-25-22;/h4-10,13,19,21H,11-12,14-17H2,1-3H3,(H2,24,26,27);1H. The number of likely N-dealkylation sites (tertiary alicyclic amines) is 1. The Morgan fingerprint density at radius 2 is 1.90 bits per heavy atom. The van der Waals surface area contributed by atoms with Gasteiger partial charge in [-0.1, -0.05) is 42.8 Å². The number of aryl methyl sites for hydroxylation is 1. The number of guanidine groups is 1. The van der Waals surface area contributed by atoms with Crippen molar-refractivity contribution in [1.82, 2.24) is 20.5 Å². The van der Waals surface area contributed by atoms with Crippen LogP contribution in [0.25, 0.3) is 0 Å². The van der Waals surface area contributed by atoms with Gasteiger partial charge in [-0.25, -0.2) is 0 Å². The highest BCUT2D eigenvalue weighted by Gasteiger charge is 2.20. The van der Waals surface area contributed by atoms with Crippen molar-refractivity contribution in [1.29, 1.82) is 0 Å². The van der Waals surface area contributed by atoms with Gasteiger partial charge in [0.05, 0.1) is 5.69 Å². The van der Waals surface area contributed by atoms with E-state index in [-0.39, 0.29) is 24.0 Å². The molecule has 2 heterocycles. The van der Waals surface area contributed by atoms with E-state index in [0.717, 1.165) is 50.7 Å². The summed E-state index contributed by atoms with van der Waals surface area (Å²) in [7, 11) is 1.85. The second-order valence-corrected chi connectivity index (χ2v) is 7.78. The number of hydrogen-bond acceptors (Lipinski definition) is 3. The molecule has 1 aliphatic heterocycles. The van der Waals surface area contributed by atoms with Crippen LogP contribution in [0.3, 0.4) is 0 Å². The SMILES string of the molecule is CN=C(NCC(C)c1ccc(C)cc1)NC1CCN(Cc2ccccn2)CC1.I. The fourth-order valence-corrected chi connectivity index (χ4v) is 3.61. The highest BCUT2D eigenvalue weighted by molar-refractivity contribution is 14.0. The molecule has 0 aliphatic carbocycles. The minimum Gasteiger partial charge on any atom is -0.356 e. The molecular weight excluding hydrogens is 473 g/mol. The van der Waals surface area contributed by atoms with Crippen molar-refractivity contribution in [3.05, 3.63) is 65.5 Å². The van der Waals surface area contributed by atoms with Gasteiger partial charge in [-0.3, -0.25) is 14.9 Å². The summed E-state index contributed by atoms with van der Waals surface area (Å²) in [4.78, 5) is 11.3. The number of nitrogens with one attached hydrogen (secondary N) is 2. The first-order valence-corrected chi connectivity index (χ1v) is 10.3. The number of halogens is 1. The first-order valence-electron chi connectivity index (χ1n) is 10.3. The lowest BCUT2D eigenvalue weighted by Gasteiger charge is -2.33. The van der Waals surface area contributed by atoms with Gasteiger partial charge < -0.3 is 10.6 Å². The smallest absolute Gasteiger partial charge is 0.191 e. The van der Waals surface area contributed by atoms with Crippen molar-refractivity contribution in [2.45, 2.75) is 45.2 Å². The molecule has 1 fully saturated rings. The van der Waals surface area contributed by atoms with Crippen molar-refractivity contribution >= 4 is 29.9 Å². The fourth-order valence-electron chi connectivity index (χ4n) is 3.61. The molecule has 1 aliphatic rings. The molecule has 5 nitrogen and oxygen atoms in total. The zero-order valence-electron chi connectivity index (χ0n) is 17.8. The summed E-state index contributed by atoms with van der Waals surface area (Å²) >= 11 is 0. The number of nitrogens with zero attached hydrogens (tertiary/aromatic N) is 3. The largest absolute Gasteiger partial charge is 0.356 e. The van der Waals surface area contributed by atoms with E-state index < -0.39 is 0 Å². The molecule has 158 valence electrons. The molecule has 2 N–H and O–H groups in total. The topological polar surface area (TPSA) is 52.6 Å². The average molecular weight is 507 g/mol. The molecule has 0 saturated carbocycles. The quantitative estimate of drug-likeness (QED) is 0.354. The lowest BCUT2D eigenvalue weighted by molar-refractivity contribution is 0.196. The number of pyridine rings is 1. The molecule has 1 unspecified atom stereocenters. The van der Waals surface area contributed by atoms with Crippen LogP contribution >= 0.6 is 24.0 Å². The molecule has 0 bridgehead atoms. The summed E-state index contributed by atoms with van der Waals surface area (Å²) < 4.78 is 0. The van der Waals surface area contributed by atoms with E-state index in [1.54, 1.807) is 0 Å². The van der Waals surface area contributed by atoms with E-state index in [2.05, 4.69) is 75.8 Å². The lowest BCUT2D eigenvalue weighted by atomic mass is 10.00. The summed E-state index contributed by atoms with van der Waals surface area (Å²) in [6.45, 7) is 8.37. The van der Waals surface area contributed by atoms with Gasteiger partial charge in [0.1, 0.15) is 0 Å². The lowest BCUT2D eigenvalue weighted by Crippen LogP contribution is -2.49. The van der Waals surface area contributed by atoms with Gasteiger partial charge in [0, 0.05) is 45.5 Å². The van der Waals surface area contributed by atoms with E-state index >= 15 is 0 Å². The van der Waals surface area contributed by atoms with Crippen LogP contribution in [-0.4, -0.2) is 48.6 Å². The Kier molecular flexibility index (Phi) is 9.87. The van der Waals surface area contributed by atoms with Crippen LogP contribution in [0.15, 0.2) is 53.7 Å². The van der Waals surface area contributed by atoms with Gasteiger partial charge in [0.2, 0.25) is 0 Å².